The second-order valence-corrected chi connectivity index (χ2v) is 6.96. The first-order chi connectivity index (χ1) is 12.1. The van der Waals surface area contributed by atoms with Crippen LogP contribution in [0.25, 0.3) is 10.9 Å². The second kappa shape index (κ2) is 6.36. The molecule has 0 radical (unpaired) electrons. The van der Waals surface area contributed by atoms with Gasteiger partial charge >= 0.3 is 0 Å². The molecule has 4 heteroatoms. The number of hydrogen-bond acceptors (Lipinski definition) is 1. The first-order valence-corrected chi connectivity index (χ1v) is 8.77. The van der Waals surface area contributed by atoms with Crippen molar-refractivity contribution in [2.45, 2.75) is 32.7 Å². The Morgan fingerprint density at radius 2 is 2.12 bits per heavy atom. The van der Waals surface area contributed by atoms with Crippen molar-refractivity contribution in [1.29, 1.82) is 0 Å². The van der Waals surface area contributed by atoms with Gasteiger partial charge in [0.1, 0.15) is 5.82 Å². The first-order valence-electron chi connectivity index (χ1n) is 8.77. The number of amides is 1. The van der Waals surface area contributed by atoms with Crippen LogP contribution in [0.15, 0.2) is 42.5 Å². The van der Waals surface area contributed by atoms with Crippen LogP contribution in [0.5, 0.6) is 0 Å². The standard InChI is InChI=1S/C21H21FN2O/c1-13-6-8-19-16(10-13)17-11-14(7-9-20(17)24-19)21(25)23-12-15-4-2-3-5-18(15)22/h2-5,7,9,11,13,24H,6,8,10,12H2,1H3,(H,23,25)/t13-/m1/s1. The topological polar surface area (TPSA) is 44.9 Å². The molecular formula is C21H21FN2O. The number of fused-ring (bicyclic) bond motifs is 3. The lowest BCUT2D eigenvalue weighted by Crippen LogP contribution is -2.23. The van der Waals surface area contributed by atoms with Crippen LogP contribution in [-0.2, 0) is 19.4 Å². The summed E-state index contributed by atoms with van der Waals surface area (Å²) in [5.74, 6) is 0.195. The molecule has 1 amide bonds. The molecule has 25 heavy (non-hydrogen) atoms. The highest BCUT2D eigenvalue weighted by atomic mass is 19.1. The number of halogens is 1. The van der Waals surface area contributed by atoms with E-state index in [1.54, 1.807) is 18.2 Å². The molecule has 0 fully saturated rings. The summed E-state index contributed by atoms with van der Waals surface area (Å²) < 4.78 is 13.7. The number of nitrogens with one attached hydrogen (secondary N) is 2. The Balaban J connectivity index is 1.58. The molecular weight excluding hydrogens is 315 g/mol. The molecule has 2 N–H and O–H groups in total. The van der Waals surface area contributed by atoms with Crippen molar-refractivity contribution in [2.75, 3.05) is 0 Å². The molecule has 1 heterocycles. The van der Waals surface area contributed by atoms with Crippen molar-refractivity contribution in [3.63, 3.8) is 0 Å². The molecule has 0 saturated heterocycles. The van der Waals surface area contributed by atoms with Gasteiger partial charge in [-0.2, -0.15) is 0 Å². The zero-order valence-corrected chi connectivity index (χ0v) is 14.2. The largest absolute Gasteiger partial charge is 0.358 e. The zero-order chi connectivity index (χ0) is 17.4. The highest BCUT2D eigenvalue weighted by Crippen LogP contribution is 2.32. The molecule has 3 aromatic rings. The monoisotopic (exact) mass is 336 g/mol. The maximum absolute atomic E-state index is 13.7. The minimum absolute atomic E-state index is 0.177. The Bertz CT molecular complexity index is 944. The van der Waals surface area contributed by atoms with E-state index in [0.29, 0.717) is 17.0 Å². The minimum Gasteiger partial charge on any atom is -0.358 e. The molecule has 1 aromatic heterocycles. The lowest BCUT2D eigenvalue weighted by Gasteiger charge is -2.18. The minimum atomic E-state index is -0.299. The third-order valence-corrected chi connectivity index (χ3v) is 5.09. The van der Waals surface area contributed by atoms with Gasteiger partial charge in [0.25, 0.3) is 5.91 Å². The van der Waals surface area contributed by atoms with E-state index in [9.17, 15) is 9.18 Å². The summed E-state index contributed by atoms with van der Waals surface area (Å²) in [6.45, 7) is 2.46. The van der Waals surface area contributed by atoms with E-state index in [1.165, 1.54) is 23.7 Å². The van der Waals surface area contributed by atoms with Gasteiger partial charge in [-0.05, 0) is 55.0 Å². The summed E-state index contributed by atoms with van der Waals surface area (Å²) in [7, 11) is 0. The lowest BCUT2D eigenvalue weighted by atomic mass is 9.87. The number of aromatic nitrogens is 1. The summed E-state index contributed by atoms with van der Waals surface area (Å²) in [5.41, 5.74) is 4.84. The van der Waals surface area contributed by atoms with E-state index in [2.05, 4.69) is 17.2 Å². The van der Waals surface area contributed by atoms with Crippen molar-refractivity contribution in [2.24, 2.45) is 5.92 Å². The number of aryl methyl sites for hydroxylation is 1. The number of benzene rings is 2. The number of aromatic amines is 1. The molecule has 0 spiro atoms. The molecule has 1 aliphatic carbocycles. The SMILES string of the molecule is C[C@@H]1CCc2[nH]c3ccc(C(=O)NCc4ccccc4F)cc3c2C1. The van der Waals surface area contributed by atoms with Gasteiger partial charge in [-0.1, -0.05) is 25.1 Å². The summed E-state index contributed by atoms with van der Waals surface area (Å²) in [6.07, 6.45) is 3.32. The van der Waals surface area contributed by atoms with Crippen LogP contribution in [0.1, 0.15) is 40.5 Å². The fourth-order valence-electron chi connectivity index (χ4n) is 3.65. The van der Waals surface area contributed by atoms with Crippen molar-refractivity contribution >= 4 is 16.8 Å². The second-order valence-electron chi connectivity index (χ2n) is 6.96. The molecule has 3 nitrogen and oxygen atoms in total. The zero-order valence-electron chi connectivity index (χ0n) is 14.2. The van der Waals surface area contributed by atoms with Gasteiger partial charge in [0.15, 0.2) is 0 Å². The quantitative estimate of drug-likeness (QED) is 0.733. The Hall–Kier alpha value is -2.62. The van der Waals surface area contributed by atoms with E-state index in [1.807, 2.05) is 18.2 Å². The highest BCUT2D eigenvalue weighted by molar-refractivity contribution is 5.99. The van der Waals surface area contributed by atoms with Crippen LogP contribution < -0.4 is 5.32 Å². The Morgan fingerprint density at radius 3 is 2.96 bits per heavy atom. The van der Waals surface area contributed by atoms with Gasteiger partial charge in [-0.25, -0.2) is 4.39 Å². The Morgan fingerprint density at radius 1 is 1.28 bits per heavy atom. The van der Waals surface area contributed by atoms with Crippen molar-refractivity contribution < 1.29 is 9.18 Å². The molecule has 0 unspecified atom stereocenters. The maximum atomic E-state index is 13.7. The maximum Gasteiger partial charge on any atom is 0.251 e. The average Bonchev–Trinajstić information content (AvgIpc) is 2.98. The molecule has 0 aliphatic heterocycles. The van der Waals surface area contributed by atoms with Crippen molar-refractivity contribution in [3.8, 4) is 0 Å². The lowest BCUT2D eigenvalue weighted by molar-refractivity contribution is 0.0950. The third kappa shape index (κ3) is 3.04. The summed E-state index contributed by atoms with van der Waals surface area (Å²) in [6, 6.07) is 12.2. The van der Waals surface area contributed by atoms with Crippen LogP contribution in [0.4, 0.5) is 4.39 Å². The van der Waals surface area contributed by atoms with Gasteiger partial charge in [0.05, 0.1) is 0 Å². The highest BCUT2D eigenvalue weighted by Gasteiger charge is 2.20. The number of hydrogen-bond donors (Lipinski definition) is 2. The fraction of sp³-hybridized carbons (Fsp3) is 0.286. The molecule has 0 saturated carbocycles. The number of H-pyrrole nitrogens is 1. The Kier molecular flexibility index (Phi) is 4.04. The molecule has 4 rings (SSSR count). The van der Waals surface area contributed by atoms with Gasteiger partial charge in [-0.3, -0.25) is 4.79 Å². The van der Waals surface area contributed by atoms with E-state index < -0.39 is 0 Å². The van der Waals surface area contributed by atoms with E-state index in [-0.39, 0.29) is 18.3 Å². The third-order valence-electron chi connectivity index (χ3n) is 5.09. The molecule has 128 valence electrons. The number of rotatable bonds is 3. The normalized spacial score (nSPS) is 16.6. The van der Waals surface area contributed by atoms with E-state index in [0.717, 1.165) is 23.7 Å². The molecule has 2 aromatic carbocycles. The molecule has 1 aliphatic rings. The average molecular weight is 336 g/mol. The van der Waals surface area contributed by atoms with Crippen LogP contribution in [0, 0.1) is 11.7 Å². The van der Waals surface area contributed by atoms with Gasteiger partial charge < -0.3 is 10.3 Å². The molecule has 1 atom stereocenters. The predicted octanol–water partition coefficient (Wildman–Crippen LogP) is 4.36. The first kappa shape index (κ1) is 15.9. The van der Waals surface area contributed by atoms with Crippen LogP contribution >= 0.6 is 0 Å². The van der Waals surface area contributed by atoms with Crippen molar-refractivity contribution in [3.05, 3.63) is 70.7 Å². The van der Waals surface area contributed by atoms with E-state index in [4.69, 9.17) is 0 Å². The van der Waals surface area contributed by atoms with Crippen LogP contribution in [-0.4, -0.2) is 10.9 Å². The predicted molar refractivity (Wildman–Crippen MR) is 97.1 cm³/mol. The Labute approximate surface area is 146 Å². The summed E-state index contributed by atoms with van der Waals surface area (Å²) in [5, 5.41) is 3.95. The van der Waals surface area contributed by atoms with Gasteiger partial charge in [0.2, 0.25) is 0 Å². The van der Waals surface area contributed by atoms with Crippen molar-refractivity contribution in [1.82, 2.24) is 10.3 Å². The number of carbonyl (C=O) groups excluding carboxylic acids is 1. The van der Waals surface area contributed by atoms with Crippen LogP contribution in [0.3, 0.4) is 0 Å². The summed E-state index contributed by atoms with van der Waals surface area (Å²) >= 11 is 0. The number of carbonyl (C=O) groups is 1. The van der Waals surface area contributed by atoms with E-state index >= 15 is 0 Å². The van der Waals surface area contributed by atoms with Crippen LogP contribution in [0.2, 0.25) is 0 Å². The fourth-order valence-corrected chi connectivity index (χ4v) is 3.65. The molecule has 0 bridgehead atoms. The summed E-state index contributed by atoms with van der Waals surface area (Å²) in [4.78, 5) is 16.0. The van der Waals surface area contributed by atoms with Gasteiger partial charge in [0, 0.05) is 34.3 Å². The van der Waals surface area contributed by atoms with Gasteiger partial charge in [-0.15, -0.1) is 0 Å². The smallest absolute Gasteiger partial charge is 0.251 e.